The molecule has 0 bridgehead atoms. The van der Waals surface area contributed by atoms with Crippen molar-refractivity contribution in [3.63, 3.8) is 0 Å². The highest BCUT2D eigenvalue weighted by Crippen LogP contribution is 2.26. The van der Waals surface area contributed by atoms with Gasteiger partial charge in [0, 0.05) is 0 Å². The van der Waals surface area contributed by atoms with E-state index in [1.807, 2.05) is 24.3 Å². The molecule has 0 fully saturated rings. The van der Waals surface area contributed by atoms with Gasteiger partial charge in [0.1, 0.15) is 23.9 Å². The highest BCUT2D eigenvalue weighted by Gasteiger charge is 2.15. The van der Waals surface area contributed by atoms with Crippen molar-refractivity contribution in [2.75, 3.05) is 5.32 Å². The average molecular weight is 401 g/mol. The predicted molar refractivity (Wildman–Crippen MR) is 105 cm³/mol. The Morgan fingerprint density at radius 3 is 2.55 bits per heavy atom. The van der Waals surface area contributed by atoms with E-state index in [9.17, 15) is 13.6 Å². The van der Waals surface area contributed by atoms with Gasteiger partial charge in [0.25, 0.3) is 5.91 Å². The number of amides is 1. The van der Waals surface area contributed by atoms with Crippen molar-refractivity contribution in [2.45, 2.75) is 33.0 Å². The van der Waals surface area contributed by atoms with Crippen molar-refractivity contribution < 1.29 is 27.5 Å². The molecule has 3 rings (SSSR count). The summed E-state index contributed by atoms with van der Waals surface area (Å²) in [7, 11) is 0. The maximum absolute atomic E-state index is 12.5. The summed E-state index contributed by atoms with van der Waals surface area (Å²) in [6, 6.07) is 16.9. The van der Waals surface area contributed by atoms with E-state index in [1.54, 1.807) is 12.1 Å². The second-order valence-electron chi connectivity index (χ2n) is 6.28. The van der Waals surface area contributed by atoms with E-state index >= 15 is 0 Å². The fourth-order valence-corrected chi connectivity index (χ4v) is 2.73. The van der Waals surface area contributed by atoms with E-state index < -0.39 is 12.5 Å². The number of nitrogens with one attached hydrogen (secondary N) is 1. The first kappa shape index (κ1) is 20.4. The summed E-state index contributed by atoms with van der Waals surface area (Å²) >= 11 is 0. The number of aryl methyl sites for hydroxylation is 1. The third kappa shape index (κ3) is 5.81. The van der Waals surface area contributed by atoms with E-state index in [4.69, 9.17) is 9.15 Å². The quantitative estimate of drug-likeness (QED) is 0.502. The van der Waals surface area contributed by atoms with Gasteiger partial charge in [-0.15, -0.1) is 0 Å². The normalized spacial score (nSPS) is 10.8. The monoisotopic (exact) mass is 401 g/mol. The van der Waals surface area contributed by atoms with Gasteiger partial charge in [-0.1, -0.05) is 37.6 Å². The van der Waals surface area contributed by atoms with E-state index in [0.29, 0.717) is 11.5 Å². The first-order chi connectivity index (χ1) is 14.0. The number of hydrogen-bond donors (Lipinski definition) is 1. The Morgan fingerprint density at radius 2 is 1.83 bits per heavy atom. The second-order valence-corrected chi connectivity index (χ2v) is 6.28. The number of carbonyl (C=O) groups excluding carboxylic acids is 1. The third-order valence-corrected chi connectivity index (χ3v) is 4.08. The zero-order chi connectivity index (χ0) is 20.6. The molecule has 152 valence electrons. The van der Waals surface area contributed by atoms with Crippen LogP contribution in [0.2, 0.25) is 0 Å². The van der Waals surface area contributed by atoms with Crippen molar-refractivity contribution in [2.24, 2.45) is 0 Å². The second kappa shape index (κ2) is 9.73. The van der Waals surface area contributed by atoms with Gasteiger partial charge in [-0.25, -0.2) is 0 Å². The summed E-state index contributed by atoms with van der Waals surface area (Å²) in [5.74, 6) is 0.493. The van der Waals surface area contributed by atoms with Crippen LogP contribution in [0.4, 0.5) is 14.5 Å². The van der Waals surface area contributed by atoms with Crippen molar-refractivity contribution >= 4 is 11.6 Å². The molecule has 1 aromatic heterocycles. The fraction of sp³-hybridized carbons (Fsp3) is 0.227. The van der Waals surface area contributed by atoms with Crippen LogP contribution in [0.5, 0.6) is 11.5 Å². The standard InChI is InChI=1S/C22H21F2NO4/c1-2-5-15-8-10-16(11-9-15)27-14-17-12-13-20(28-17)21(26)25-18-6-3-4-7-19(18)29-22(23)24/h3-4,6-13,22H,2,5,14H2,1H3,(H,25,26). The molecule has 0 saturated heterocycles. The lowest BCUT2D eigenvalue weighted by Crippen LogP contribution is -2.13. The molecule has 0 atom stereocenters. The smallest absolute Gasteiger partial charge is 0.387 e. The van der Waals surface area contributed by atoms with Gasteiger partial charge >= 0.3 is 6.61 Å². The van der Waals surface area contributed by atoms with Crippen LogP contribution < -0.4 is 14.8 Å². The predicted octanol–water partition coefficient (Wildman–Crippen LogP) is 5.66. The number of ether oxygens (including phenoxy) is 2. The van der Waals surface area contributed by atoms with Crippen molar-refractivity contribution in [3.05, 3.63) is 77.7 Å². The number of alkyl halides is 2. The molecule has 3 aromatic rings. The zero-order valence-electron chi connectivity index (χ0n) is 15.9. The molecule has 5 nitrogen and oxygen atoms in total. The minimum atomic E-state index is -2.99. The Hall–Kier alpha value is -3.35. The Kier molecular flexibility index (Phi) is 6.84. The Labute approximate surface area is 167 Å². The van der Waals surface area contributed by atoms with Crippen LogP contribution >= 0.6 is 0 Å². The highest BCUT2D eigenvalue weighted by molar-refractivity contribution is 6.03. The van der Waals surface area contributed by atoms with Crippen LogP contribution in [0.1, 0.15) is 35.2 Å². The van der Waals surface area contributed by atoms with Gasteiger partial charge in [0.05, 0.1) is 5.69 Å². The molecule has 2 aromatic carbocycles. The van der Waals surface area contributed by atoms with E-state index in [0.717, 1.165) is 12.8 Å². The molecule has 0 aliphatic carbocycles. The number of carbonyl (C=O) groups is 1. The molecule has 0 unspecified atom stereocenters. The van der Waals surface area contributed by atoms with Crippen LogP contribution in [0.15, 0.2) is 65.1 Å². The molecule has 0 saturated carbocycles. The number of furan rings is 1. The molecule has 0 radical (unpaired) electrons. The summed E-state index contributed by atoms with van der Waals surface area (Å²) in [6.45, 7) is -0.707. The molecule has 1 N–H and O–H groups in total. The lowest BCUT2D eigenvalue weighted by molar-refractivity contribution is -0.0493. The van der Waals surface area contributed by atoms with E-state index in [-0.39, 0.29) is 23.8 Å². The van der Waals surface area contributed by atoms with Crippen LogP contribution in [0.3, 0.4) is 0 Å². The number of halogens is 2. The number of benzene rings is 2. The number of hydrogen-bond acceptors (Lipinski definition) is 4. The molecule has 1 amide bonds. The lowest BCUT2D eigenvalue weighted by atomic mass is 10.1. The molecular formula is C22H21F2NO4. The van der Waals surface area contributed by atoms with Gasteiger partial charge in [-0.3, -0.25) is 4.79 Å². The van der Waals surface area contributed by atoms with Gasteiger partial charge in [-0.05, 0) is 48.4 Å². The summed E-state index contributed by atoms with van der Waals surface area (Å²) in [6.07, 6.45) is 2.10. The lowest BCUT2D eigenvalue weighted by Gasteiger charge is -2.10. The third-order valence-electron chi connectivity index (χ3n) is 4.08. The van der Waals surface area contributed by atoms with Crippen LogP contribution in [0, 0.1) is 0 Å². The van der Waals surface area contributed by atoms with E-state index in [1.165, 1.54) is 29.8 Å². The molecule has 29 heavy (non-hydrogen) atoms. The van der Waals surface area contributed by atoms with Crippen molar-refractivity contribution in [1.82, 2.24) is 0 Å². The first-order valence-electron chi connectivity index (χ1n) is 9.21. The van der Waals surface area contributed by atoms with Gasteiger partial charge < -0.3 is 19.2 Å². The largest absolute Gasteiger partial charge is 0.486 e. The van der Waals surface area contributed by atoms with Crippen LogP contribution in [-0.4, -0.2) is 12.5 Å². The molecular weight excluding hydrogens is 380 g/mol. The van der Waals surface area contributed by atoms with Crippen molar-refractivity contribution in [1.29, 1.82) is 0 Å². The number of rotatable bonds is 9. The van der Waals surface area contributed by atoms with Gasteiger partial charge in [-0.2, -0.15) is 8.78 Å². The fourth-order valence-electron chi connectivity index (χ4n) is 2.73. The number of para-hydroxylation sites is 2. The minimum absolute atomic E-state index is 0.0359. The molecule has 7 heteroatoms. The average Bonchev–Trinajstić information content (AvgIpc) is 3.18. The van der Waals surface area contributed by atoms with Gasteiger partial charge in [0.15, 0.2) is 5.76 Å². The first-order valence-corrected chi connectivity index (χ1v) is 9.21. The summed E-state index contributed by atoms with van der Waals surface area (Å²) in [5, 5.41) is 2.51. The van der Waals surface area contributed by atoms with Gasteiger partial charge in [0.2, 0.25) is 0 Å². The zero-order valence-corrected chi connectivity index (χ0v) is 15.9. The molecule has 0 spiro atoms. The Bertz CT molecular complexity index is 938. The SMILES string of the molecule is CCCc1ccc(OCc2ccc(C(=O)Nc3ccccc3OC(F)F)o2)cc1. The van der Waals surface area contributed by atoms with E-state index in [2.05, 4.69) is 17.0 Å². The molecule has 0 aliphatic heterocycles. The topological polar surface area (TPSA) is 60.7 Å². The van der Waals surface area contributed by atoms with Crippen molar-refractivity contribution in [3.8, 4) is 11.5 Å². The minimum Gasteiger partial charge on any atom is -0.486 e. The Balaban J connectivity index is 1.59. The van der Waals surface area contributed by atoms with Crippen LogP contribution in [-0.2, 0) is 13.0 Å². The van der Waals surface area contributed by atoms with Crippen LogP contribution in [0.25, 0.3) is 0 Å². The molecule has 1 heterocycles. The Morgan fingerprint density at radius 1 is 1.07 bits per heavy atom. The maximum atomic E-state index is 12.5. The number of anilines is 1. The maximum Gasteiger partial charge on any atom is 0.387 e. The summed E-state index contributed by atoms with van der Waals surface area (Å²) < 4.78 is 40.5. The molecule has 0 aliphatic rings. The highest BCUT2D eigenvalue weighted by atomic mass is 19.3. The summed E-state index contributed by atoms with van der Waals surface area (Å²) in [4.78, 5) is 12.3. The summed E-state index contributed by atoms with van der Waals surface area (Å²) in [5.41, 5.74) is 1.37.